The molecule has 2 aliphatic heterocycles. The highest BCUT2D eigenvalue weighted by atomic mass is 16.2. The van der Waals surface area contributed by atoms with Gasteiger partial charge in [-0.2, -0.15) is 0 Å². The van der Waals surface area contributed by atoms with Crippen molar-refractivity contribution in [2.24, 2.45) is 5.92 Å². The summed E-state index contributed by atoms with van der Waals surface area (Å²) in [6, 6.07) is 0.345. The average Bonchev–Trinajstić information content (AvgIpc) is 2.93. The van der Waals surface area contributed by atoms with Crippen molar-refractivity contribution in [3.8, 4) is 0 Å². The number of nitrogens with zero attached hydrogens (tertiary/aromatic N) is 4. The van der Waals surface area contributed by atoms with Crippen molar-refractivity contribution < 1.29 is 4.79 Å². The van der Waals surface area contributed by atoms with Gasteiger partial charge in [0.05, 0.1) is 12.2 Å². The van der Waals surface area contributed by atoms with E-state index < -0.39 is 0 Å². The van der Waals surface area contributed by atoms with E-state index in [-0.39, 0.29) is 5.91 Å². The molecule has 21 heavy (non-hydrogen) atoms. The minimum absolute atomic E-state index is 0.105. The summed E-state index contributed by atoms with van der Waals surface area (Å²) in [7, 11) is 0. The molecule has 116 valence electrons. The summed E-state index contributed by atoms with van der Waals surface area (Å²) in [6.45, 7) is 8.15. The summed E-state index contributed by atoms with van der Waals surface area (Å²) in [5.74, 6) is 0.481. The topological polar surface area (TPSA) is 75.1 Å². The molecule has 2 fully saturated rings. The van der Waals surface area contributed by atoms with Gasteiger partial charge in [-0.3, -0.25) is 4.79 Å². The number of hydrogen-bond donors (Lipinski definition) is 2. The molecular formula is C14H24N6O. The summed E-state index contributed by atoms with van der Waals surface area (Å²) in [5, 5.41) is 14.2. The predicted molar refractivity (Wildman–Crippen MR) is 79.1 cm³/mol. The van der Waals surface area contributed by atoms with Crippen LogP contribution in [0.25, 0.3) is 0 Å². The predicted octanol–water partition coefficient (Wildman–Crippen LogP) is -0.116. The van der Waals surface area contributed by atoms with Crippen molar-refractivity contribution in [3.63, 3.8) is 0 Å². The highest BCUT2D eigenvalue weighted by Crippen LogP contribution is 2.16. The van der Waals surface area contributed by atoms with Crippen molar-refractivity contribution in [1.82, 2.24) is 30.5 Å². The third kappa shape index (κ3) is 3.41. The zero-order valence-electron chi connectivity index (χ0n) is 12.6. The Morgan fingerprint density at radius 2 is 2.19 bits per heavy atom. The number of rotatable bonds is 5. The molecule has 3 rings (SSSR count). The van der Waals surface area contributed by atoms with Crippen molar-refractivity contribution in [2.75, 3.05) is 39.3 Å². The molecule has 2 aliphatic rings. The third-order valence-electron chi connectivity index (χ3n) is 4.58. The minimum Gasteiger partial charge on any atom is -0.350 e. The fourth-order valence-corrected chi connectivity index (χ4v) is 2.85. The van der Waals surface area contributed by atoms with E-state index in [1.54, 1.807) is 10.9 Å². The molecule has 3 heterocycles. The Morgan fingerprint density at radius 1 is 1.43 bits per heavy atom. The minimum atomic E-state index is -0.105. The van der Waals surface area contributed by atoms with Crippen molar-refractivity contribution >= 4 is 5.91 Å². The Kier molecular flexibility index (Phi) is 4.50. The lowest BCUT2D eigenvalue weighted by molar-refractivity contribution is 0.0931. The molecule has 7 nitrogen and oxygen atoms in total. The van der Waals surface area contributed by atoms with Crippen LogP contribution in [0.3, 0.4) is 0 Å². The van der Waals surface area contributed by atoms with Crippen LogP contribution in [0.4, 0.5) is 0 Å². The molecule has 0 spiro atoms. The van der Waals surface area contributed by atoms with Gasteiger partial charge < -0.3 is 15.5 Å². The highest BCUT2D eigenvalue weighted by Gasteiger charge is 2.22. The molecule has 0 aliphatic carbocycles. The molecule has 0 aromatic carbocycles. The molecule has 0 saturated carbocycles. The number of carbonyl (C=O) groups is 1. The number of aromatic nitrogens is 3. The zero-order chi connectivity index (χ0) is 14.7. The van der Waals surface area contributed by atoms with Crippen LogP contribution in [0.1, 0.15) is 36.3 Å². The average molecular weight is 292 g/mol. The molecular weight excluding hydrogens is 268 g/mol. The first-order chi connectivity index (χ1) is 10.3. The van der Waals surface area contributed by atoms with Crippen LogP contribution >= 0.6 is 0 Å². The molecule has 0 unspecified atom stereocenters. The summed E-state index contributed by atoms with van der Waals surface area (Å²) in [6.07, 6.45) is 4.07. The van der Waals surface area contributed by atoms with Crippen LogP contribution in [0.5, 0.6) is 0 Å². The van der Waals surface area contributed by atoms with Crippen LogP contribution in [0, 0.1) is 5.92 Å². The maximum absolute atomic E-state index is 12.1. The van der Waals surface area contributed by atoms with Gasteiger partial charge in [0.25, 0.3) is 5.91 Å². The first-order valence-electron chi connectivity index (χ1n) is 7.89. The number of likely N-dealkylation sites (tertiary alicyclic amines) is 1. The van der Waals surface area contributed by atoms with Crippen LogP contribution in [-0.4, -0.2) is 65.1 Å². The van der Waals surface area contributed by atoms with Crippen molar-refractivity contribution in [3.05, 3.63) is 11.9 Å². The van der Waals surface area contributed by atoms with Gasteiger partial charge in [-0.25, -0.2) is 4.68 Å². The van der Waals surface area contributed by atoms with E-state index in [0.29, 0.717) is 17.7 Å². The van der Waals surface area contributed by atoms with Gasteiger partial charge in [0.1, 0.15) is 0 Å². The van der Waals surface area contributed by atoms with E-state index in [2.05, 4.69) is 32.8 Å². The monoisotopic (exact) mass is 292 g/mol. The molecule has 1 aromatic heterocycles. The van der Waals surface area contributed by atoms with Gasteiger partial charge in [0, 0.05) is 19.6 Å². The summed E-state index contributed by atoms with van der Waals surface area (Å²) >= 11 is 0. The molecule has 2 saturated heterocycles. The van der Waals surface area contributed by atoms with E-state index in [0.717, 1.165) is 52.1 Å². The van der Waals surface area contributed by atoms with Gasteiger partial charge in [0.15, 0.2) is 5.69 Å². The van der Waals surface area contributed by atoms with Gasteiger partial charge in [0.2, 0.25) is 0 Å². The molecule has 0 bridgehead atoms. The van der Waals surface area contributed by atoms with Crippen LogP contribution in [0.15, 0.2) is 6.20 Å². The standard InChI is InChI=1S/C14H24N6O/c1-2-19-5-3-11(4-6-19)7-16-14(21)13-10-20(18-17-13)12-8-15-9-12/h10-12,15H,2-9H2,1H3,(H,16,21). The Bertz CT molecular complexity index is 476. The number of carbonyl (C=O) groups excluding carboxylic acids is 1. The SMILES string of the molecule is CCN1CCC(CNC(=O)c2cn(C3CNC3)nn2)CC1. The Hall–Kier alpha value is -1.47. The lowest BCUT2D eigenvalue weighted by Gasteiger charge is -2.30. The second kappa shape index (κ2) is 6.53. The molecule has 0 radical (unpaired) electrons. The number of hydrogen-bond acceptors (Lipinski definition) is 5. The third-order valence-corrected chi connectivity index (χ3v) is 4.58. The van der Waals surface area contributed by atoms with E-state index in [4.69, 9.17) is 0 Å². The fourth-order valence-electron chi connectivity index (χ4n) is 2.85. The normalized spacial score (nSPS) is 21.2. The van der Waals surface area contributed by atoms with Gasteiger partial charge in [-0.15, -0.1) is 5.10 Å². The number of piperidine rings is 1. The molecule has 1 aromatic rings. The maximum Gasteiger partial charge on any atom is 0.273 e. The first-order valence-corrected chi connectivity index (χ1v) is 7.89. The molecule has 1 amide bonds. The molecule has 0 atom stereocenters. The van der Waals surface area contributed by atoms with E-state index >= 15 is 0 Å². The first kappa shape index (κ1) is 14.5. The van der Waals surface area contributed by atoms with Crippen molar-refractivity contribution in [1.29, 1.82) is 0 Å². The molecule has 2 N–H and O–H groups in total. The second-order valence-corrected chi connectivity index (χ2v) is 5.98. The van der Waals surface area contributed by atoms with Gasteiger partial charge >= 0.3 is 0 Å². The van der Waals surface area contributed by atoms with Crippen LogP contribution in [0.2, 0.25) is 0 Å². The Morgan fingerprint density at radius 3 is 2.81 bits per heavy atom. The zero-order valence-corrected chi connectivity index (χ0v) is 12.6. The van der Waals surface area contributed by atoms with Crippen LogP contribution < -0.4 is 10.6 Å². The molecule has 7 heteroatoms. The summed E-state index contributed by atoms with van der Waals surface area (Å²) < 4.78 is 1.78. The largest absolute Gasteiger partial charge is 0.350 e. The Balaban J connectivity index is 1.44. The van der Waals surface area contributed by atoms with Crippen LogP contribution in [-0.2, 0) is 0 Å². The van der Waals surface area contributed by atoms with Crippen molar-refractivity contribution in [2.45, 2.75) is 25.8 Å². The highest BCUT2D eigenvalue weighted by molar-refractivity contribution is 5.91. The summed E-state index contributed by atoms with van der Waals surface area (Å²) in [5.41, 5.74) is 0.424. The van der Waals surface area contributed by atoms with Gasteiger partial charge in [-0.05, 0) is 38.4 Å². The number of amides is 1. The fraction of sp³-hybridized carbons (Fsp3) is 0.786. The van der Waals surface area contributed by atoms with E-state index in [9.17, 15) is 4.79 Å². The number of nitrogens with one attached hydrogen (secondary N) is 2. The Labute approximate surface area is 125 Å². The quantitative estimate of drug-likeness (QED) is 0.792. The summed E-state index contributed by atoms with van der Waals surface area (Å²) in [4.78, 5) is 14.6. The van der Waals surface area contributed by atoms with Gasteiger partial charge in [-0.1, -0.05) is 12.1 Å². The van der Waals surface area contributed by atoms with E-state index in [1.165, 1.54) is 0 Å². The maximum atomic E-state index is 12.1. The smallest absolute Gasteiger partial charge is 0.273 e. The second-order valence-electron chi connectivity index (χ2n) is 5.98. The lowest BCUT2D eigenvalue weighted by atomic mass is 9.97. The van der Waals surface area contributed by atoms with E-state index in [1.807, 2.05) is 0 Å². The lowest BCUT2D eigenvalue weighted by Crippen LogP contribution is -2.43.